The molecule has 0 spiro atoms. The van der Waals surface area contributed by atoms with Gasteiger partial charge in [0.25, 0.3) is 0 Å². The van der Waals surface area contributed by atoms with Crippen molar-refractivity contribution in [1.82, 2.24) is 5.32 Å². The monoisotopic (exact) mass is 263 g/mol. The molecule has 3 heteroatoms. The molecule has 1 N–H and O–H groups in total. The van der Waals surface area contributed by atoms with Crippen LogP contribution in [0.25, 0.3) is 0 Å². The summed E-state index contributed by atoms with van der Waals surface area (Å²) in [7, 11) is 1.81. The van der Waals surface area contributed by atoms with Crippen molar-refractivity contribution in [3.05, 3.63) is 35.6 Å². The van der Waals surface area contributed by atoms with Gasteiger partial charge in [0.15, 0.2) is 0 Å². The first-order valence-corrected chi connectivity index (χ1v) is 7.25. The van der Waals surface area contributed by atoms with E-state index < -0.39 is 0 Å². The van der Waals surface area contributed by atoms with Gasteiger partial charge in [-0.25, -0.2) is 4.39 Å². The first kappa shape index (κ1) is 13.1. The molecule has 0 bridgehead atoms. The average Bonchev–Trinajstić information content (AvgIpc) is 2.32. The van der Waals surface area contributed by atoms with Crippen LogP contribution in [-0.4, -0.2) is 25.3 Å². The number of hydrogen-bond donors (Lipinski definition) is 1. The molecule has 0 amide bonds. The molecule has 0 atom stereocenters. The summed E-state index contributed by atoms with van der Waals surface area (Å²) < 4.78 is 19.2. The van der Waals surface area contributed by atoms with Gasteiger partial charge in [0.2, 0.25) is 0 Å². The maximum Gasteiger partial charge on any atom is 0.126 e. The van der Waals surface area contributed by atoms with E-state index in [1.807, 2.05) is 19.2 Å². The molecule has 2 saturated carbocycles. The third kappa shape index (κ3) is 2.54. The van der Waals surface area contributed by atoms with E-state index in [4.69, 9.17) is 4.74 Å². The van der Waals surface area contributed by atoms with Crippen molar-refractivity contribution in [2.45, 2.75) is 49.7 Å². The fourth-order valence-electron chi connectivity index (χ4n) is 3.20. The molecule has 2 aliphatic rings. The van der Waals surface area contributed by atoms with E-state index >= 15 is 0 Å². The van der Waals surface area contributed by atoms with Crippen LogP contribution >= 0.6 is 0 Å². The quantitative estimate of drug-likeness (QED) is 0.880. The molecule has 1 aromatic rings. The second-order valence-corrected chi connectivity index (χ2v) is 6.01. The predicted octanol–water partition coefficient (Wildman–Crippen LogP) is 3.23. The van der Waals surface area contributed by atoms with Crippen molar-refractivity contribution in [3.8, 4) is 0 Å². The van der Waals surface area contributed by atoms with Crippen LogP contribution in [0.2, 0.25) is 0 Å². The minimum absolute atomic E-state index is 0.0571. The van der Waals surface area contributed by atoms with Crippen molar-refractivity contribution in [3.63, 3.8) is 0 Å². The number of methoxy groups -OCH3 is 1. The largest absolute Gasteiger partial charge is 0.377 e. The van der Waals surface area contributed by atoms with E-state index in [2.05, 4.69) is 5.32 Å². The van der Waals surface area contributed by atoms with Crippen LogP contribution in [0.4, 0.5) is 4.39 Å². The second-order valence-electron chi connectivity index (χ2n) is 6.01. The van der Waals surface area contributed by atoms with Crippen molar-refractivity contribution in [2.24, 2.45) is 0 Å². The molecule has 104 valence electrons. The highest BCUT2D eigenvalue weighted by atomic mass is 19.1. The molecular formula is C16H22FNO. The number of halogens is 1. The Kier molecular flexibility index (Phi) is 3.59. The Hall–Kier alpha value is -0.930. The summed E-state index contributed by atoms with van der Waals surface area (Å²) in [5, 5.41) is 3.58. The standard InChI is InChI=1S/C16H22FNO/c1-19-16(7-4-8-16)11-18-13-9-12(10-13)14-5-2-3-6-15(14)17/h2-3,5-6,12-13,18H,4,7-11H2,1H3. The van der Waals surface area contributed by atoms with Gasteiger partial charge in [-0.05, 0) is 49.7 Å². The van der Waals surface area contributed by atoms with E-state index in [1.54, 1.807) is 12.1 Å². The van der Waals surface area contributed by atoms with Crippen LogP contribution < -0.4 is 5.32 Å². The molecule has 0 aromatic heterocycles. The molecule has 2 aliphatic carbocycles. The van der Waals surface area contributed by atoms with Crippen LogP contribution in [0.1, 0.15) is 43.6 Å². The van der Waals surface area contributed by atoms with Crippen molar-refractivity contribution in [1.29, 1.82) is 0 Å². The molecule has 0 unspecified atom stereocenters. The number of rotatable bonds is 5. The normalized spacial score (nSPS) is 28.5. The Morgan fingerprint density at radius 1 is 1.32 bits per heavy atom. The van der Waals surface area contributed by atoms with E-state index in [0.717, 1.165) is 24.9 Å². The summed E-state index contributed by atoms with van der Waals surface area (Å²) in [5.74, 6) is 0.330. The van der Waals surface area contributed by atoms with Crippen molar-refractivity contribution < 1.29 is 9.13 Å². The SMILES string of the molecule is COC1(CNC2CC(c3ccccc3F)C2)CCC1. The summed E-state index contributed by atoms with van der Waals surface area (Å²) in [6.45, 7) is 0.943. The lowest BCUT2D eigenvalue weighted by molar-refractivity contribution is -0.0724. The first-order chi connectivity index (χ1) is 9.22. The van der Waals surface area contributed by atoms with Crippen LogP contribution in [0.5, 0.6) is 0 Å². The molecule has 3 rings (SSSR count). The van der Waals surface area contributed by atoms with Gasteiger partial charge < -0.3 is 10.1 Å². The Labute approximate surface area is 114 Å². The van der Waals surface area contributed by atoms with Gasteiger partial charge in [-0.1, -0.05) is 18.2 Å². The highest BCUT2D eigenvalue weighted by Crippen LogP contribution is 2.39. The van der Waals surface area contributed by atoms with E-state index in [1.165, 1.54) is 19.3 Å². The van der Waals surface area contributed by atoms with E-state index in [-0.39, 0.29) is 11.4 Å². The molecule has 0 aliphatic heterocycles. The maximum atomic E-state index is 13.6. The summed E-state index contributed by atoms with van der Waals surface area (Å²) in [5.41, 5.74) is 0.967. The molecular weight excluding hydrogens is 241 g/mol. The van der Waals surface area contributed by atoms with Crippen LogP contribution in [-0.2, 0) is 4.74 Å². The minimum atomic E-state index is -0.0571. The highest BCUT2D eigenvalue weighted by molar-refractivity contribution is 5.24. The summed E-state index contributed by atoms with van der Waals surface area (Å²) >= 11 is 0. The van der Waals surface area contributed by atoms with E-state index in [9.17, 15) is 4.39 Å². The Morgan fingerprint density at radius 3 is 2.63 bits per heavy atom. The smallest absolute Gasteiger partial charge is 0.126 e. The number of ether oxygens (including phenoxy) is 1. The average molecular weight is 263 g/mol. The third-order valence-corrected chi connectivity index (χ3v) is 4.89. The first-order valence-electron chi connectivity index (χ1n) is 7.25. The molecule has 19 heavy (non-hydrogen) atoms. The van der Waals surface area contributed by atoms with Crippen molar-refractivity contribution in [2.75, 3.05) is 13.7 Å². The zero-order valence-corrected chi connectivity index (χ0v) is 11.5. The molecule has 2 nitrogen and oxygen atoms in total. The molecule has 2 fully saturated rings. The predicted molar refractivity (Wildman–Crippen MR) is 73.8 cm³/mol. The molecule has 0 saturated heterocycles. The lowest BCUT2D eigenvalue weighted by Crippen LogP contribution is -2.52. The fraction of sp³-hybridized carbons (Fsp3) is 0.625. The van der Waals surface area contributed by atoms with Crippen LogP contribution in [0.15, 0.2) is 24.3 Å². The summed E-state index contributed by atoms with van der Waals surface area (Å²) in [4.78, 5) is 0. The van der Waals surface area contributed by atoms with Gasteiger partial charge in [0.1, 0.15) is 5.82 Å². The van der Waals surface area contributed by atoms with Gasteiger partial charge in [-0.2, -0.15) is 0 Å². The Bertz CT molecular complexity index is 433. The zero-order chi connectivity index (χ0) is 13.3. The number of benzene rings is 1. The molecule has 0 heterocycles. The molecule has 0 radical (unpaired) electrons. The molecule has 1 aromatic carbocycles. The van der Waals surface area contributed by atoms with Gasteiger partial charge in [0, 0.05) is 19.7 Å². The Balaban J connectivity index is 1.47. The summed E-state index contributed by atoms with van der Waals surface area (Å²) in [6, 6.07) is 7.68. The summed E-state index contributed by atoms with van der Waals surface area (Å²) in [6.07, 6.45) is 5.69. The zero-order valence-electron chi connectivity index (χ0n) is 11.5. The van der Waals surface area contributed by atoms with Crippen LogP contribution in [0.3, 0.4) is 0 Å². The van der Waals surface area contributed by atoms with Crippen molar-refractivity contribution >= 4 is 0 Å². The highest BCUT2D eigenvalue weighted by Gasteiger charge is 2.39. The Morgan fingerprint density at radius 2 is 2.05 bits per heavy atom. The van der Waals surface area contributed by atoms with E-state index in [0.29, 0.717) is 12.0 Å². The van der Waals surface area contributed by atoms with Crippen LogP contribution in [0, 0.1) is 5.82 Å². The topological polar surface area (TPSA) is 21.3 Å². The lowest BCUT2D eigenvalue weighted by atomic mass is 9.74. The fourth-order valence-corrected chi connectivity index (χ4v) is 3.20. The maximum absolute atomic E-state index is 13.6. The van der Waals surface area contributed by atoms with Gasteiger partial charge in [-0.3, -0.25) is 0 Å². The number of hydrogen-bond acceptors (Lipinski definition) is 2. The third-order valence-electron chi connectivity index (χ3n) is 4.89. The van der Waals surface area contributed by atoms with Gasteiger partial charge >= 0.3 is 0 Å². The van der Waals surface area contributed by atoms with Gasteiger partial charge in [-0.15, -0.1) is 0 Å². The van der Waals surface area contributed by atoms with Gasteiger partial charge in [0.05, 0.1) is 5.60 Å². The minimum Gasteiger partial charge on any atom is -0.377 e. The number of nitrogens with one attached hydrogen (secondary N) is 1. The lowest BCUT2D eigenvalue weighted by Gasteiger charge is -2.44. The second kappa shape index (κ2) is 5.22.